The molecule has 2 aromatic carbocycles. The number of carbonyl (C=O) groups excluding carboxylic acids is 6. The Kier molecular flexibility index (Phi) is 18.9. The van der Waals surface area contributed by atoms with E-state index >= 15 is 0 Å². The van der Waals surface area contributed by atoms with Crippen molar-refractivity contribution in [2.75, 3.05) is 77.4 Å². The number of unbranched alkanes of at least 4 members (excludes halogenated alkanes) is 1. The summed E-state index contributed by atoms with van der Waals surface area (Å²) in [5.41, 5.74) is 6.09. The van der Waals surface area contributed by atoms with Gasteiger partial charge in [0.05, 0.1) is 50.0 Å². The van der Waals surface area contributed by atoms with Gasteiger partial charge in [-0.25, -0.2) is 17.9 Å². The molecular formula is C38H57N9O10S2. The van der Waals surface area contributed by atoms with Crippen LogP contribution >= 0.6 is 11.8 Å². The number of urea groups is 1. The maximum atomic E-state index is 13.2. The number of nitrogens with zero attached hydrogens (tertiary/aromatic N) is 1. The fourth-order valence-corrected chi connectivity index (χ4v) is 9.45. The van der Waals surface area contributed by atoms with Crippen LogP contribution in [0.4, 0.5) is 10.5 Å². The van der Waals surface area contributed by atoms with E-state index in [0.29, 0.717) is 36.8 Å². The van der Waals surface area contributed by atoms with Gasteiger partial charge in [0.25, 0.3) is 0 Å². The van der Waals surface area contributed by atoms with E-state index in [-0.39, 0.29) is 74.5 Å². The molecule has 0 aliphatic carbocycles. The van der Waals surface area contributed by atoms with Crippen LogP contribution in [0.5, 0.6) is 0 Å². The molecule has 9 N–H and O–H groups in total. The van der Waals surface area contributed by atoms with Gasteiger partial charge in [-0.3, -0.25) is 24.0 Å². The van der Waals surface area contributed by atoms with Crippen LogP contribution in [-0.4, -0.2) is 140 Å². The molecule has 7 amide bonds. The number of amides is 7. The predicted octanol–water partition coefficient (Wildman–Crippen LogP) is -0.568. The van der Waals surface area contributed by atoms with Crippen LogP contribution in [0.2, 0.25) is 0 Å². The summed E-state index contributed by atoms with van der Waals surface area (Å²) in [5, 5.41) is 17.9. The third-order valence-electron chi connectivity index (χ3n) is 9.62. The SMILES string of the molecule is CN(C)c1cccc2c(S(=O)(=O)NCCC(=O)NC(CCC(N)=O)C(=O)NCC(=O)NCCOCCOCCNC(=O)CCCC[C@@H]3SC[C@@H]4NC(=O)N[C@@H]43)cccc12. The Morgan fingerprint density at radius 2 is 1.54 bits per heavy atom. The van der Waals surface area contributed by atoms with Crippen molar-refractivity contribution in [1.29, 1.82) is 0 Å². The number of carbonyl (C=O) groups is 6. The average Bonchev–Trinajstić information content (AvgIpc) is 3.75. The van der Waals surface area contributed by atoms with Crippen LogP contribution in [0.25, 0.3) is 10.8 Å². The largest absolute Gasteiger partial charge is 0.377 e. The lowest BCUT2D eigenvalue weighted by Crippen LogP contribution is -2.49. The number of benzene rings is 2. The van der Waals surface area contributed by atoms with Crippen LogP contribution in [-0.2, 0) is 43.5 Å². The van der Waals surface area contributed by atoms with Gasteiger partial charge < -0.3 is 52.0 Å². The molecule has 59 heavy (non-hydrogen) atoms. The van der Waals surface area contributed by atoms with E-state index in [1.165, 1.54) is 6.07 Å². The second-order valence-corrected chi connectivity index (χ2v) is 17.3. The highest BCUT2D eigenvalue weighted by molar-refractivity contribution is 8.00. The first kappa shape index (κ1) is 47.0. The van der Waals surface area contributed by atoms with Crippen LogP contribution in [0, 0.1) is 0 Å². The Bertz CT molecular complexity index is 1880. The topological polar surface area (TPSA) is 268 Å². The van der Waals surface area contributed by atoms with Crippen LogP contribution in [0.15, 0.2) is 41.3 Å². The summed E-state index contributed by atoms with van der Waals surface area (Å²) in [4.78, 5) is 74.9. The standard InChI is InChI=1S/C38H57N9O10S2/c1-47(2)29-9-5-8-26-25(29)7-6-11-31(26)59(54,55)43-16-15-34(50)44-27(13-14-32(39)48)37(52)42-23-35(51)41-18-20-57-22-21-56-19-17-40-33(49)12-4-3-10-30-36-28(24-58-30)45-38(53)46-36/h5-9,11,27-28,30,36,43H,3-4,10,12-24H2,1-2H3,(H2,39,48)(H,40,49)(H,41,51)(H,42,52)(H,44,50)(H2,45,46,53)/t27?,28-,30-,36-/m0/s1. The molecule has 4 atom stereocenters. The van der Waals surface area contributed by atoms with Crippen molar-refractivity contribution < 1.29 is 46.7 Å². The molecule has 0 bridgehead atoms. The van der Waals surface area contributed by atoms with Gasteiger partial charge in [0.2, 0.25) is 39.6 Å². The van der Waals surface area contributed by atoms with Crippen molar-refractivity contribution in [2.24, 2.45) is 5.73 Å². The summed E-state index contributed by atoms with van der Waals surface area (Å²) in [5.74, 6) is -1.70. The number of nitrogens with two attached hydrogens (primary N) is 1. The molecule has 2 heterocycles. The number of ether oxygens (including phenoxy) is 2. The van der Waals surface area contributed by atoms with E-state index < -0.39 is 46.2 Å². The maximum absolute atomic E-state index is 13.2. The normalized spacial score (nSPS) is 17.7. The van der Waals surface area contributed by atoms with Gasteiger partial charge in [-0.2, -0.15) is 11.8 Å². The van der Waals surface area contributed by atoms with E-state index in [0.717, 1.165) is 36.1 Å². The quantitative estimate of drug-likeness (QED) is 0.0415. The van der Waals surface area contributed by atoms with Gasteiger partial charge in [0, 0.05) is 80.5 Å². The second-order valence-electron chi connectivity index (χ2n) is 14.3. The van der Waals surface area contributed by atoms with Crippen molar-refractivity contribution in [3.8, 4) is 0 Å². The van der Waals surface area contributed by atoms with Crippen molar-refractivity contribution in [1.82, 2.24) is 36.6 Å². The average molecular weight is 864 g/mol. The molecule has 326 valence electrons. The minimum absolute atomic E-state index is 0.0362. The number of fused-ring (bicyclic) bond motifs is 2. The van der Waals surface area contributed by atoms with E-state index in [1.807, 2.05) is 42.9 Å². The summed E-state index contributed by atoms with van der Waals surface area (Å²) in [6, 6.07) is 9.37. The number of anilines is 1. The first-order valence-corrected chi connectivity index (χ1v) is 22.2. The minimum Gasteiger partial charge on any atom is -0.377 e. The van der Waals surface area contributed by atoms with Gasteiger partial charge in [0.15, 0.2) is 0 Å². The second kappa shape index (κ2) is 23.8. The molecule has 0 aromatic heterocycles. The van der Waals surface area contributed by atoms with E-state index in [1.54, 1.807) is 18.2 Å². The van der Waals surface area contributed by atoms with Gasteiger partial charge in [-0.05, 0) is 31.4 Å². The molecule has 2 fully saturated rings. The van der Waals surface area contributed by atoms with Crippen molar-refractivity contribution in [3.05, 3.63) is 36.4 Å². The molecule has 2 aliphatic heterocycles. The summed E-state index contributed by atoms with van der Waals surface area (Å²) in [7, 11) is -0.292. The molecule has 21 heteroatoms. The number of nitrogens with one attached hydrogen (secondary N) is 7. The first-order valence-electron chi connectivity index (χ1n) is 19.7. The molecule has 0 saturated carbocycles. The summed E-state index contributed by atoms with van der Waals surface area (Å²) in [6.07, 6.45) is 2.42. The zero-order valence-corrected chi connectivity index (χ0v) is 35.1. The van der Waals surface area contributed by atoms with Crippen LogP contribution in [0.1, 0.15) is 44.9 Å². The zero-order chi connectivity index (χ0) is 42.8. The third-order valence-corrected chi connectivity index (χ3v) is 12.6. The van der Waals surface area contributed by atoms with Crippen LogP contribution in [0.3, 0.4) is 0 Å². The Hall–Kier alpha value is -4.70. The smallest absolute Gasteiger partial charge is 0.315 e. The Balaban J connectivity index is 1.03. The molecule has 1 unspecified atom stereocenters. The van der Waals surface area contributed by atoms with Crippen molar-refractivity contribution in [3.63, 3.8) is 0 Å². The highest BCUT2D eigenvalue weighted by atomic mass is 32.2. The van der Waals surface area contributed by atoms with Gasteiger partial charge >= 0.3 is 6.03 Å². The highest BCUT2D eigenvalue weighted by Crippen LogP contribution is 2.33. The lowest BCUT2D eigenvalue weighted by atomic mass is 10.0. The van der Waals surface area contributed by atoms with Crippen molar-refractivity contribution >= 4 is 73.8 Å². The zero-order valence-electron chi connectivity index (χ0n) is 33.5. The lowest BCUT2D eigenvalue weighted by Gasteiger charge is -2.18. The molecule has 2 saturated heterocycles. The number of sulfonamides is 1. The Morgan fingerprint density at radius 1 is 0.847 bits per heavy atom. The summed E-state index contributed by atoms with van der Waals surface area (Å²) in [6.45, 7) is 0.923. The number of hydrogen-bond donors (Lipinski definition) is 8. The molecule has 19 nitrogen and oxygen atoms in total. The Labute approximate surface area is 348 Å². The minimum atomic E-state index is -4.01. The fraction of sp³-hybridized carbons (Fsp3) is 0.579. The van der Waals surface area contributed by atoms with Crippen LogP contribution < -0.4 is 47.3 Å². The first-order chi connectivity index (χ1) is 28.2. The summed E-state index contributed by atoms with van der Waals surface area (Å²) >= 11 is 1.86. The summed E-state index contributed by atoms with van der Waals surface area (Å²) < 4.78 is 39.8. The highest BCUT2D eigenvalue weighted by Gasteiger charge is 2.42. The number of hydrogen-bond acceptors (Lipinski definition) is 12. The van der Waals surface area contributed by atoms with Gasteiger partial charge in [0.1, 0.15) is 6.04 Å². The third kappa shape index (κ3) is 15.4. The monoisotopic (exact) mass is 863 g/mol. The van der Waals surface area contributed by atoms with Crippen molar-refractivity contribution in [2.45, 2.75) is 73.2 Å². The molecule has 0 spiro atoms. The van der Waals surface area contributed by atoms with E-state index in [2.05, 4.69) is 36.6 Å². The molecule has 2 aliphatic rings. The van der Waals surface area contributed by atoms with Gasteiger partial charge in [-0.15, -0.1) is 0 Å². The molecule has 2 aromatic rings. The van der Waals surface area contributed by atoms with Gasteiger partial charge in [-0.1, -0.05) is 30.7 Å². The number of rotatable bonds is 27. The fourth-order valence-electron chi connectivity index (χ4n) is 6.65. The number of primary amides is 1. The Morgan fingerprint density at radius 3 is 2.25 bits per heavy atom. The molecular weight excluding hydrogens is 807 g/mol. The van der Waals surface area contributed by atoms with E-state index in [4.69, 9.17) is 15.2 Å². The van der Waals surface area contributed by atoms with E-state index in [9.17, 15) is 37.2 Å². The molecule has 4 rings (SSSR count). The molecule has 0 radical (unpaired) electrons. The number of thioether (sulfide) groups is 1. The maximum Gasteiger partial charge on any atom is 0.315 e. The lowest BCUT2D eigenvalue weighted by molar-refractivity contribution is -0.131. The predicted molar refractivity (Wildman–Crippen MR) is 223 cm³/mol.